The molecule has 4 aliphatic rings. The Balaban J connectivity index is 1.49. The number of benzene rings is 1. The van der Waals surface area contributed by atoms with Gasteiger partial charge in [0.05, 0.1) is 24.0 Å². The van der Waals surface area contributed by atoms with Crippen molar-refractivity contribution in [2.75, 3.05) is 16.8 Å². The van der Waals surface area contributed by atoms with E-state index in [0.717, 1.165) is 28.2 Å². The predicted molar refractivity (Wildman–Crippen MR) is 134 cm³/mol. The first kappa shape index (κ1) is 23.8. The minimum absolute atomic E-state index is 0.0108. The number of nitrogens with two attached hydrogens (primary N) is 1. The van der Waals surface area contributed by atoms with Crippen LogP contribution in [0.1, 0.15) is 52.5 Å². The normalized spacial score (nSPS) is 27.4. The van der Waals surface area contributed by atoms with Crippen LogP contribution in [0, 0.1) is 11.8 Å². The summed E-state index contributed by atoms with van der Waals surface area (Å²) in [6.45, 7) is 1.87. The number of thiophene rings is 1. The molecule has 0 radical (unpaired) electrons. The Morgan fingerprint density at radius 3 is 2.73 bits per heavy atom. The number of amides is 4. The largest absolute Gasteiger partial charge is 0.462 e. The van der Waals surface area contributed by atoms with E-state index < -0.39 is 53.0 Å². The molecule has 10 nitrogen and oxygen atoms in total. The van der Waals surface area contributed by atoms with Gasteiger partial charge in [0.15, 0.2) is 0 Å². The Labute approximate surface area is 216 Å². The van der Waals surface area contributed by atoms with Crippen molar-refractivity contribution in [1.29, 1.82) is 0 Å². The molecule has 2 aromatic rings. The summed E-state index contributed by atoms with van der Waals surface area (Å²) in [5.74, 6) is -4.50. The summed E-state index contributed by atoms with van der Waals surface area (Å²) in [5.41, 5.74) is 6.17. The van der Waals surface area contributed by atoms with Gasteiger partial charge >= 0.3 is 5.97 Å². The van der Waals surface area contributed by atoms with Gasteiger partial charge in [-0.05, 0) is 44.2 Å². The number of nitrogens with zero attached hydrogens (tertiary/aromatic N) is 1. The number of esters is 1. The van der Waals surface area contributed by atoms with E-state index >= 15 is 0 Å². The highest BCUT2D eigenvalue weighted by Crippen LogP contribution is 2.55. The number of para-hydroxylation sites is 1. The molecule has 0 saturated carbocycles. The molecule has 4 N–H and O–H groups in total. The summed E-state index contributed by atoms with van der Waals surface area (Å²) in [6.07, 6.45) is 2.50. The lowest BCUT2D eigenvalue weighted by atomic mass is 9.76. The number of ether oxygens (including phenoxy) is 1. The van der Waals surface area contributed by atoms with E-state index in [1.807, 2.05) is 0 Å². The second-order valence-corrected chi connectivity index (χ2v) is 10.9. The zero-order chi connectivity index (χ0) is 26.1. The summed E-state index contributed by atoms with van der Waals surface area (Å²) < 4.78 is 5.31. The number of rotatable bonds is 6. The second kappa shape index (κ2) is 8.49. The summed E-state index contributed by atoms with van der Waals surface area (Å²) in [4.78, 5) is 68.5. The Morgan fingerprint density at radius 2 is 1.97 bits per heavy atom. The average molecular weight is 523 g/mol. The van der Waals surface area contributed by atoms with Crippen LogP contribution in [0.15, 0.2) is 24.3 Å². The summed E-state index contributed by atoms with van der Waals surface area (Å²) in [7, 11) is 0. The van der Waals surface area contributed by atoms with Gasteiger partial charge in [-0.15, -0.1) is 11.3 Å². The van der Waals surface area contributed by atoms with Crippen molar-refractivity contribution in [3.05, 3.63) is 45.8 Å². The third-order valence-corrected chi connectivity index (χ3v) is 9.19. The van der Waals surface area contributed by atoms with Gasteiger partial charge in [-0.2, -0.15) is 0 Å². The molecule has 4 amide bonds. The molecule has 0 unspecified atom stereocenters. The summed E-state index contributed by atoms with van der Waals surface area (Å²) in [5, 5.41) is 6.40. The van der Waals surface area contributed by atoms with E-state index in [1.165, 1.54) is 11.3 Å². The summed E-state index contributed by atoms with van der Waals surface area (Å²) >= 11 is 1.27. The van der Waals surface area contributed by atoms with Crippen LogP contribution < -0.4 is 21.3 Å². The fraction of sp³-hybridized carbons (Fsp3) is 0.423. The zero-order valence-corrected chi connectivity index (χ0v) is 21.0. The first-order chi connectivity index (χ1) is 17.8. The number of carbonyl (C=O) groups is 5. The maximum Gasteiger partial charge on any atom is 0.341 e. The first-order valence-corrected chi connectivity index (χ1v) is 13.3. The second-order valence-electron chi connectivity index (χ2n) is 9.84. The maximum atomic E-state index is 14.2. The molecule has 11 heteroatoms. The van der Waals surface area contributed by atoms with E-state index in [9.17, 15) is 24.0 Å². The molecular weight excluding hydrogens is 496 g/mol. The van der Waals surface area contributed by atoms with Crippen molar-refractivity contribution >= 4 is 51.6 Å². The average Bonchev–Trinajstić information content (AvgIpc) is 3.63. The van der Waals surface area contributed by atoms with E-state index in [-0.39, 0.29) is 30.0 Å². The number of hydrogen-bond donors (Lipinski definition) is 3. The lowest BCUT2D eigenvalue weighted by molar-refractivity contribution is -0.130. The molecule has 1 aromatic heterocycles. The van der Waals surface area contributed by atoms with Crippen molar-refractivity contribution in [3.8, 4) is 0 Å². The van der Waals surface area contributed by atoms with Gasteiger partial charge in [-0.3, -0.25) is 24.5 Å². The number of fused-ring (bicyclic) bond motifs is 5. The minimum atomic E-state index is -1.48. The van der Waals surface area contributed by atoms with Crippen LogP contribution in [-0.4, -0.2) is 42.2 Å². The highest BCUT2D eigenvalue weighted by Gasteiger charge is 2.70. The Kier molecular flexibility index (Phi) is 5.46. The number of hydrogen-bond acceptors (Lipinski definition) is 8. The van der Waals surface area contributed by atoms with E-state index in [2.05, 4.69) is 10.6 Å². The predicted octanol–water partition coefficient (Wildman–Crippen LogP) is 1.60. The molecular formula is C26H26N4O6S. The van der Waals surface area contributed by atoms with Crippen LogP contribution in [0.4, 0.5) is 10.7 Å². The molecule has 37 heavy (non-hydrogen) atoms. The Morgan fingerprint density at radius 1 is 1.19 bits per heavy atom. The van der Waals surface area contributed by atoms with Gasteiger partial charge in [0, 0.05) is 28.6 Å². The van der Waals surface area contributed by atoms with Crippen LogP contribution in [0.3, 0.4) is 0 Å². The Bertz CT molecular complexity index is 1390. The van der Waals surface area contributed by atoms with Crippen molar-refractivity contribution in [3.63, 3.8) is 0 Å². The fourth-order valence-electron chi connectivity index (χ4n) is 6.47. The van der Waals surface area contributed by atoms with Crippen LogP contribution >= 0.6 is 11.3 Å². The number of anilines is 2. The van der Waals surface area contributed by atoms with Gasteiger partial charge < -0.3 is 15.8 Å². The van der Waals surface area contributed by atoms with Crippen LogP contribution in [0.5, 0.6) is 0 Å². The number of nitrogens with one attached hydrogen (secondary N) is 2. The lowest BCUT2D eigenvalue weighted by Crippen LogP contribution is -2.53. The summed E-state index contributed by atoms with van der Waals surface area (Å²) in [6, 6.07) is 6.42. The fourth-order valence-corrected chi connectivity index (χ4v) is 7.85. The van der Waals surface area contributed by atoms with Gasteiger partial charge in [0.25, 0.3) is 0 Å². The lowest BCUT2D eigenvalue weighted by Gasteiger charge is -2.29. The Hall–Kier alpha value is -3.57. The van der Waals surface area contributed by atoms with Gasteiger partial charge in [0.2, 0.25) is 23.6 Å². The molecule has 1 spiro atoms. The molecule has 2 saturated heterocycles. The molecule has 192 valence electrons. The molecule has 0 bridgehead atoms. The number of imide groups is 1. The van der Waals surface area contributed by atoms with Crippen molar-refractivity contribution in [2.24, 2.45) is 17.6 Å². The quantitative estimate of drug-likeness (QED) is 0.386. The standard InChI is InChI=1S/C26H26N4O6S/c1-2-36-24(34)18-12-6-5-9-16(12)37-23(18)30-21(32)19-15(10-11-17(27)31)29-26(20(19)22(30)33)13-7-3-4-8-14(13)28-25(26)35/h3-4,7-8,15,19-20,29H,2,5-6,9-11H2,1H3,(H2,27,31)(H,28,35)/t15-,19+,20-,26-/m0/s1. The highest BCUT2D eigenvalue weighted by atomic mass is 32.1. The van der Waals surface area contributed by atoms with Gasteiger partial charge in [-0.1, -0.05) is 18.2 Å². The number of primary amides is 1. The molecule has 4 heterocycles. The molecule has 1 aliphatic carbocycles. The van der Waals surface area contributed by atoms with Crippen LogP contribution in [0.25, 0.3) is 0 Å². The maximum absolute atomic E-state index is 14.2. The van der Waals surface area contributed by atoms with E-state index in [1.54, 1.807) is 31.2 Å². The number of aryl methyl sites for hydroxylation is 1. The van der Waals surface area contributed by atoms with Gasteiger partial charge in [0.1, 0.15) is 10.5 Å². The molecule has 1 aromatic carbocycles. The molecule has 6 rings (SSSR count). The van der Waals surface area contributed by atoms with E-state index in [0.29, 0.717) is 17.7 Å². The topological polar surface area (TPSA) is 148 Å². The molecule has 3 aliphatic heterocycles. The molecule has 4 atom stereocenters. The van der Waals surface area contributed by atoms with Crippen LogP contribution in [-0.2, 0) is 42.3 Å². The third kappa shape index (κ3) is 3.23. The first-order valence-electron chi connectivity index (χ1n) is 12.5. The van der Waals surface area contributed by atoms with Crippen molar-refractivity contribution in [2.45, 2.75) is 50.6 Å². The minimum Gasteiger partial charge on any atom is -0.462 e. The third-order valence-electron chi connectivity index (χ3n) is 7.91. The SMILES string of the molecule is CCOC(=O)c1c(N2C(=O)[C@@H]3[C@H](CCC(N)=O)N[C@]4(C(=O)Nc5ccccc54)[C@@H]3C2=O)sc2c1CCC2. The monoisotopic (exact) mass is 522 g/mol. The smallest absolute Gasteiger partial charge is 0.341 e. The van der Waals surface area contributed by atoms with Crippen LogP contribution in [0.2, 0.25) is 0 Å². The van der Waals surface area contributed by atoms with Gasteiger partial charge in [-0.25, -0.2) is 9.69 Å². The van der Waals surface area contributed by atoms with E-state index in [4.69, 9.17) is 10.5 Å². The highest BCUT2D eigenvalue weighted by molar-refractivity contribution is 7.17. The zero-order valence-electron chi connectivity index (χ0n) is 20.2. The molecule has 2 fully saturated rings. The van der Waals surface area contributed by atoms with Crippen molar-refractivity contribution < 1.29 is 28.7 Å². The number of carbonyl (C=O) groups excluding carboxylic acids is 5. The van der Waals surface area contributed by atoms with Crippen molar-refractivity contribution in [1.82, 2.24) is 5.32 Å².